The van der Waals surface area contributed by atoms with E-state index in [9.17, 15) is 0 Å². The van der Waals surface area contributed by atoms with Crippen molar-refractivity contribution in [1.82, 2.24) is 4.42 Å². The Balaban J connectivity index is 2.70. The molecular weight excluding hydrogens is 174 g/mol. The maximum atomic E-state index is 6.19. The van der Waals surface area contributed by atoms with Crippen molar-refractivity contribution in [3.05, 3.63) is 0 Å². The van der Waals surface area contributed by atoms with E-state index in [1.54, 1.807) is 0 Å². The summed E-state index contributed by atoms with van der Waals surface area (Å²) in [5.41, 5.74) is -0.276. The minimum atomic E-state index is -0.276. The second-order valence-corrected chi connectivity index (χ2v) is 4.26. The molecule has 1 rings (SSSR count). The van der Waals surface area contributed by atoms with Crippen molar-refractivity contribution in [1.29, 1.82) is 0 Å². The molecule has 0 amide bonds. The number of hydrogen-bond acceptors (Lipinski definition) is 2. The molecule has 12 heavy (non-hydrogen) atoms. The van der Waals surface area contributed by atoms with Crippen molar-refractivity contribution in [2.45, 2.75) is 45.9 Å². The summed E-state index contributed by atoms with van der Waals surface area (Å²) in [5.74, 6) is 0.423. The Bertz CT molecular complexity index is 163. The highest BCUT2D eigenvalue weighted by atomic mass is 35.5. The molecule has 1 fully saturated rings. The van der Waals surface area contributed by atoms with Gasteiger partial charge in [0.25, 0.3) is 0 Å². The van der Waals surface area contributed by atoms with Crippen LogP contribution < -0.4 is 0 Å². The van der Waals surface area contributed by atoms with E-state index in [0.29, 0.717) is 12.0 Å². The monoisotopic (exact) mass is 191 g/mol. The number of halogens is 1. The fraction of sp³-hybridized carbons (Fsp3) is 1.00. The molecule has 0 saturated carbocycles. The van der Waals surface area contributed by atoms with Gasteiger partial charge in [-0.2, -0.15) is 4.42 Å². The molecule has 2 atom stereocenters. The summed E-state index contributed by atoms with van der Waals surface area (Å²) < 4.78 is 7.56. The molecule has 0 aromatic carbocycles. The highest BCUT2D eigenvalue weighted by molar-refractivity contribution is 6.14. The zero-order valence-electron chi connectivity index (χ0n) is 8.30. The minimum absolute atomic E-state index is 0.276. The summed E-state index contributed by atoms with van der Waals surface area (Å²) in [6.07, 6.45) is 1.05. The van der Waals surface area contributed by atoms with Crippen LogP contribution in [0.3, 0.4) is 0 Å². The van der Waals surface area contributed by atoms with Gasteiger partial charge in [0.05, 0.1) is 12.6 Å². The Labute approximate surface area is 79.9 Å². The third kappa shape index (κ3) is 1.48. The molecule has 3 heteroatoms. The first-order chi connectivity index (χ1) is 5.52. The number of rotatable bonds is 2. The number of hydrogen-bond donors (Lipinski definition) is 0. The van der Waals surface area contributed by atoms with Crippen LogP contribution in [0.5, 0.6) is 0 Å². The van der Waals surface area contributed by atoms with E-state index in [0.717, 1.165) is 13.0 Å². The van der Waals surface area contributed by atoms with Crippen LogP contribution in [-0.2, 0) is 4.74 Å². The van der Waals surface area contributed by atoms with E-state index < -0.39 is 0 Å². The third-order valence-corrected chi connectivity index (χ3v) is 3.47. The SMILES string of the molecule is CCC1COC(C)(C(C)C)N1Cl. The Morgan fingerprint density at radius 2 is 2.25 bits per heavy atom. The van der Waals surface area contributed by atoms with Gasteiger partial charge >= 0.3 is 0 Å². The average molecular weight is 192 g/mol. The van der Waals surface area contributed by atoms with Gasteiger partial charge in [-0.25, -0.2) is 0 Å². The Morgan fingerprint density at radius 1 is 1.67 bits per heavy atom. The van der Waals surface area contributed by atoms with Gasteiger partial charge in [0, 0.05) is 0 Å². The minimum Gasteiger partial charge on any atom is -0.358 e. The third-order valence-electron chi connectivity index (χ3n) is 2.86. The molecule has 1 heterocycles. The van der Waals surface area contributed by atoms with Crippen molar-refractivity contribution < 1.29 is 4.74 Å². The Morgan fingerprint density at radius 3 is 2.50 bits per heavy atom. The molecule has 72 valence electrons. The van der Waals surface area contributed by atoms with Crippen molar-refractivity contribution in [3.8, 4) is 0 Å². The molecule has 1 aliphatic rings. The molecule has 0 aromatic rings. The highest BCUT2D eigenvalue weighted by Gasteiger charge is 2.44. The summed E-state index contributed by atoms with van der Waals surface area (Å²) in [4.78, 5) is 0. The van der Waals surface area contributed by atoms with Gasteiger partial charge in [-0.05, 0) is 31.0 Å². The summed E-state index contributed by atoms with van der Waals surface area (Å²) >= 11 is 6.19. The predicted octanol–water partition coefficient (Wildman–Crippen LogP) is 2.62. The van der Waals surface area contributed by atoms with Crippen LogP contribution in [0.15, 0.2) is 0 Å². The Kier molecular flexibility index (Phi) is 3.02. The second-order valence-electron chi connectivity index (χ2n) is 3.89. The molecule has 1 aliphatic heterocycles. The van der Waals surface area contributed by atoms with Crippen LogP contribution >= 0.6 is 11.8 Å². The van der Waals surface area contributed by atoms with E-state index >= 15 is 0 Å². The number of nitrogens with zero attached hydrogens (tertiary/aromatic N) is 1. The topological polar surface area (TPSA) is 12.5 Å². The van der Waals surface area contributed by atoms with Crippen molar-refractivity contribution in [2.24, 2.45) is 5.92 Å². The first-order valence-corrected chi connectivity index (χ1v) is 4.95. The van der Waals surface area contributed by atoms with Gasteiger partial charge in [0.1, 0.15) is 5.72 Å². The fourth-order valence-corrected chi connectivity index (χ4v) is 1.88. The smallest absolute Gasteiger partial charge is 0.134 e. The quantitative estimate of drug-likeness (QED) is 0.623. The van der Waals surface area contributed by atoms with Gasteiger partial charge < -0.3 is 4.74 Å². The van der Waals surface area contributed by atoms with Gasteiger partial charge in [-0.1, -0.05) is 20.8 Å². The number of ether oxygens (including phenoxy) is 1. The molecule has 0 spiro atoms. The van der Waals surface area contributed by atoms with Crippen molar-refractivity contribution in [3.63, 3.8) is 0 Å². The van der Waals surface area contributed by atoms with Gasteiger partial charge in [0.15, 0.2) is 0 Å². The van der Waals surface area contributed by atoms with E-state index in [-0.39, 0.29) is 5.72 Å². The molecule has 2 nitrogen and oxygen atoms in total. The van der Waals surface area contributed by atoms with Gasteiger partial charge in [0.2, 0.25) is 0 Å². The second kappa shape index (κ2) is 3.52. The van der Waals surface area contributed by atoms with Crippen LogP contribution in [-0.4, -0.2) is 22.8 Å². The molecule has 2 unspecified atom stereocenters. The summed E-state index contributed by atoms with van der Waals surface area (Å²) in [7, 11) is 0. The van der Waals surface area contributed by atoms with Crippen LogP contribution in [0.2, 0.25) is 0 Å². The lowest BCUT2D eigenvalue weighted by Crippen LogP contribution is -2.43. The fourth-order valence-electron chi connectivity index (χ4n) is 1.45. The standard InChI is InChI=1S/C9H18ClNO/c1-5-8-6-12-9(4,7(2)3)11(8)10/h7-8H,5-6H2,1-4H3. The first kappa shape index (κ1) is 10.3. The van der Waals surface area contributed by atoms with Crippen molar-refractivity contribution >= 4 is 11.8 Å². The molecule has 0 radical (unpaired) electrons. The van der Waals surface area contributed by atoms with Crippen LogP contribution in [0.4, 0.5) is 0 Å². The van der Waals surface area contributed by atoms with Crippen LogP contribution in [0.25, 0.3) is 0 Å². The lowest BCUT2D eigenvalue weighted by Gasteiger charge is -2.34. The maximum Gasteiger partial charge on any atom is 0.134 e. The van der Waals surface area contributed by atoms with E-state index in [1.165, 1.54) is 0 Å². The predicted molar refractivity (Wildman–Crippen MR) is 51.0 cm³/mol. The maximum absolute atomic E-state index is 6.19. The lowest BCUT2D eigenvalue weighted by atomic mass is 10.0. The lowest BCUT2D eigenvalue weighted by molar-refractivity contribution is -0.0701. The first-order valence-electron chi connectivity index (χ1n) is 4.61. The molecule has 0 bridgehead atoms. The van der Waals surface area contributed by atoms with Crippen LogP contribution in [0, 0.1) is 5.92 Å². The molecule has 0 aromatic heterocycles. The van der Waals surface area contributed by atoms with Crippen LogP contribution in [0.1, 0.15) is 34.1 Å². The van der Waals surface area contributed by atoms with E-state index in [2.05, 4.69) is 27.7 Å². The molecule has 1 saturated heterocycles. The normalized spacial score (nSPS) is 38.0. The summed E-state index contributed by atoms with van der Waals surface area (Å²) in [5, 5.41) is 0. The average Bonchev–Trinajstić information content (AvgIpc) is 2.31. The molecule has 0 aliphatic carbocycles. The Hall–Kier alpha value is 0.210. The summed E-state index contributed by atoms with van der Waals surface area (Å²) in [6, 6.07) is 0.374. The molecule has 0 N–H and O–H groups in total. The highest BCUT2D eigenvalue weighted by Crippen LogP contribution is 2.36. The summed E-state index contributed by atoms with van der Waals surface area (Å²) in [6.45, 7) is 9.21. The van der Waals surface area contributed by atoms with E-state index in [4.69, 9.17) is 16.5 Å². The largest absolute Gasteiger partial charge is 0.358 e. The van der Waals surface area contributed by atoms with E-state index in [1.807, 2.05) is 4.42 Å². The van der Waals surface area contributed by atoms with Gasteiger partial charge in [-0.3, -0.25) is 0 Å². The zero-order chi connectivity index (χ0) is 9.35. The van der Waals surface area contributed by atoms with Gasteiger partial charge in [-0.15, -0.1) is 0 Å². The zero-order valence-corrected chi connectivity index (χ0v) is 9.06. The molecular formula is C9H18ClNO. The van der Waals surface area contributed by atoms with Crippen molar-refractivity contribution in [2.75, 3.05) is 6.61 Å².